The fourth-order valence-corrected chi connectivity index (χ4v) is 4.60. The van der Waals surface area contributed by atoms with Crippen LogP contribution in [0.4, 0.5) is 4.79 Å². The third kappa shape index (κ3) is 6.68. The minimum absolute atomic E-state index is 0.0959. The van der Waals surface area contributed by atoms with Crippen LogP contribution in [0.3, 0.4) is 0 Å². The number of aromatic nitrogens is 1. The first-order valence-corrected chi connectivity index (χ1v) is 11.4. The predicted octanol–water partition coefficient (Wildman–Crippen LogP) is 2.85. The van der Waals surface area contributed by atoms with Gasteiger partial charge >= 0.3 is 6.03 Å². The summed E-state index contributed by atoms with van der Waals surface area (Å²) < 4.78 is 0. The third-order valence-electron chi connectivity index (χ3n) is 6.66. The number of piperidine rings is 2. The lowest BCUT2D eigenvalue weighted by Crippen LogP contribution is -2.50. The quantitative estimate of drug-likeness (QED) is 0.763. The Hall–Kier alpha value is -1.66. The van der Waals surface area contributed by atoms with Gasteiger partial charge in [0.2, 0.25) is 0 Å². The van der Waals surface area contributed by atoms with Crippen molar-refractivity contribution in [2.75, 3.05) is 46.3 Å². The number of carbonyl (C=O) groups excluding carboxylic acids is 1. The molecule has 2 aliphatic rings. The van der Waals surface area contributed by atoms with E-state index < -0.39 is 0 Å². The monoisotopic (exact) mass is 401 g/mol. The van der Waals surface area contributed by atoms with Crippen molar-refractivity contribution >= 4 is 6.03 Å². The van der Waals surface area contributed by atoms with Crippen molar-refractivity contribution in [2.45, 2.75) is 58.0 Å². The molecule has 2 saturated heterocycles. The molecule has 2 amide bonds. The average Bonchev–Trinajstić information content (AvgIpc) is 2.77. The highest BCUT2D eigenvalue weighted by Gasteiger charge is 2.26. The molecule has 1 aromatic rings. The van der Waals surface area contributed by atoms with Gasteiger partial charge in [-0.05, 0) is 64.1 Å². The Morgan fingerprint density at radius 3 is 2.72 bits per heavy atom. The molecule has 2 aliphatic heterocycles. The summed E-state index contributed by atoms with van der Waals surface area (Å²) in [6.45, 7) is 10.8. The minimum atomic E-state index is 0.0959. The molecular formula is C23H39N5O. The molecule has 1 aromatic heterocycles. The highest BCUT2D eigenvalue weighted by atomic mass is 16.2. The highest BCUT2D eigenvalue weighted by molar-refractivity contribution is 5.74. The van der Waals surface area contributed by atoms with E-state index >= 15 is 0 Å². The second-order valence-electron chi connectivity index (χ2n) is 9.04. The number of hydrogen-bond acceptors (Lipinski definition) is 4. The minimum Gasteiger partial charge on any atom is -0.338 e. The van der Waals surface area contributed by atoms with E-state index in [2.05, 4.69) is 46.1 Å². The molecule has 3 heterocycles. The van der Waals surface area contributed by atoms with Gasteiger partial charge in [0.1, 0.15) is 0 Å². The molecule has 0 aliphatic carbocycles. The molecule has 0 aromatic carbocycles. The van der Waals surface area contributed by atoms with Crippen LogP contribution in [0, 0.1) is 5.92 Å². The average molecular weight is 402 g/mol. The summed E-state index contributed by atoms with van der Waals surface area (Å²) in [6, 6.07) is 7.15. The van der Waals surface area contributed by atoms with Crippen molar-refractivity contribution in [3.8, 4) is 0 Å². The first kappa shape index (κ1) is 22.0. The van der Waals surface area contributed by atoms with Gasteiger partial charge in [0.25, 0.3) is 0 Å². The molecule has 162 valence electrons. The van der Waals surface area contributed by atoms with Gasteiger partial charge in [-0.1, -0.05) is 6.07 Å². The molecule has 0 radical (unpaired) electrons. The van der Waals surface area contributed by atoms with Gasteiger partial charge in [0.15, 0.2) is 0 Å². The zero-order valence-corrected chi connectivity index (χ0v) is 18.5. The highest BCUT2D eigenvalue weighted by Crippen LogP contribution is 2.19. The van der Waals surface area contributed by atoms with E-state index in [1.807, 2.05) is 24.2 Å². The van der Waals surface area contributed by atoms with Crippen LogP contribution < -0.4 is 5.32 Å². The van der Waals surface area contributed by atoms with E-state index in [9.17, 15) is 4.79 Å². The summed E-state index contributed by atoms with van der Waals surface area (Å²) in [7, 11) is 1.96. The number of nitrogens with zero attached hydrogens (tertiary/aromatic N) is 4. The third-order valence-corrected chi connectivity index (χ3v) is 6.66. The molecule has 6 heteroatoms. The van der Waals surface area contributed by atoms with E-state index in [1.54, 1.807) is 0 Å². The maximum absolute atomic E-state index is 12.7. The van der Waals surface area contributed by atoms with Gasteiger partial charge in [0.05, 0.1) is 0 Å². The molecule has 6 nitrogen and oxygen atoms in total. The van der Waals surface area contributed by atoms with Gasteiger partial charge in [-0.15, -0.1) is 0 Å². The second-order valence-corrected chi connectivity index (χ2v) is 9.04. The number of pyridine rings is 1. The Balaban J connectivity index is 1.35. The van der Waals surface area contributed by atoms with Gasteiger partial charge in [-0.3, -0.25) is 4.98 Å². The number of rotatable bonds is 7. The standard InChI is InChI=1S/C23H39N5O/c1-19(2)28-13-6-7-20(18-28)17-25-23(29)26(3)22-10-15-27(16-11-22)14-9-21-8-4-5-12-24-21/h4-5,8,12,19-20,22H,6-7,9-11,13-18H2,1-3H3,(H,25,29). The number of nitrogens with one attached hydrogen (secondary N) is 1. The normalized spacial score (nSPS) is 22.0. The van der Waals surface area contributed by atoms with Crippen LogP contribution in [0.15, 0.2) is 24.4 Å². The van der Waals surface area contributed by atoms with Gasteiger partial charge in [-0.25, -0.2) is 4.79 Å². The summed E-state index contributed by atoms with van der Waals surface area (Å²) in [5, 5.41) is 3.21. The molecule has 29 heavy (non-hydrogen) atoms. The van der Waals surface area contributed by atoms with Crippen molar-refractivity contribution in [3.63, 3.8) is 0 Å². The van der Waals surface area contributed by atoms with E-state index in [4.69, 9.17) is 0 Å². The zero-order chi connectivity index (χ0) is 20.6. The van der Waals surface area contributed by atoms with Gasteiger partial charge in [-0.2, -0.15) is 0 Å². The van der Waals surface area contributed by atoms with Crippen molar-refractivity contribution in [1.29, 1.82) is 0 Å². The topological polar surface area (TPSA) is 51.7 Å². The summed E-state index contributed by atoms with van der Waals surface area (Å²) in [5.74, 6) is 0.581. The molecule has 2 fully saturated rings. The SMILES string of the molecule is CC(C)N1CCCC(CNC(=O)N(C)C2CCN(CCc3ccccn3)CC2)C1. The number of hydrogen-bond donors (Lipinski definition) is 1. The number of carbonyl (C=O) groups is 1. The van der Waals surface area contributed by atoms with Crippen molar-refractivity contribution in [1.82, 2.24) is 25.0 Å². The van der Waals surface area contributed by atoms with Crippen LogP contribution in [-0.2, 0) is 6.42 Å². The molecule has 0 saturated carbocycles. The fourth-order valence-electron chi connectivity index (χ4n) is 4.60. The number of amides is 2. The first-order chi connectivity index (χ1) is 14.0. The van der Waals surface area contributed by atoms with E-state index in [0.717, 1.165) is 57.7 Å². The summed E-state index contributed by atoms with van der Waals surface area (Å²) in [4.78, 5) is 24.1. The lowest BCUT2D eigenvalue weighted by atomic mass is 9.97. The summed E-state index contributed by atoms with van der Waals surface area (Å²) >= 11 is 0. The molecule has 1 unspecified atom stereocenters. The molecule has 0 bridgehead atoms. The first-order valence-electron chi connectivity index (χ1n) is 11.4. The maximum Gasteiger partial charge on any atom is 0.317 e. The molecule has 1 N–H and O–H groups in total. The fraction of sp³-hybridized carbons (Fsp3) is 0.739. The van der Waals surface area contributed by atoms with Crippen molar-refractivity contribution < 1.29 is 4.79 Å². The molecule has 3 rings (SSSR count). The Labute approximate surface area is 176 Å². The Morgan fingerprint density at radius 2 is 2.03 bits per heavy atom. The summed E-state index contributed by atoms with van der Waals surface area (Å²) in [5.41, 5.74) is 1.16. The Morgan fingerprint density at radius 1 is 1.24 bits per heavy atom. The van der Waals surface area contributed by atoms with Crippen LogP contribution in [0.1, 0.15) is 45.2 Å². The van der Waals surface area contributed by atoms with Crippen molar-refractivity contribution in [3.05, 3.63) is 30.1 Å². The van der Waals surface area contributed by atoms with Crippen LogP contribution >= 0.6 is 0 Å². The number of urea groups is 1. The molecule has 1 atom stereocenters. The molecule has 0 spiro atoms. The van der Waals surface area contributed by atoms with Crippen LogP contribution in [-0.4, -0.2) is 84.1 Å². The lowest BCUT2D eigenvalue weighted by molar-refractivity contribution is 0.125. The smallest absolute Gasteiger partial charge is 0.317 e. The maximum atomic E-state index is 12.7. The number of likely N-dealkylation sites (tertiary alicyclic amines) is 2. The molecular weight excluding hydrogens is 362 g/mol. The largest absolute Gasteiger partial charge is 0.338 e. The van der Waals surface area contributed by atoms with E-state index in [-0.39, 0.29) is 6.03 Å². The van der Waals surface area contributed by atoms with Gasteiger partial charge in [0, 0.05) is 70.2 Å². The zero-order valence-electron chi connectivity index (χ0n) is 18.5. The van der Waals surface area contributed by atoms with E-state index in [1.165, 1.54) is 19.4 Å². The Kier molecular flexibility index (Phi) is 8.30. The van der Waals surface area contributed by atoms with E-state index in [0.29, 0.717) is 18.0 Å². The Bertz CT molecular complexity index is 615. The van der Waals surface area contributed by atoms with Crippen LogP contribution in [0.2, 0.25) is 0 Å². The van der Waals surface area contributed by atoms with Crippen molar-refractivity contribution in [2.24, 2.45) is 5.92 Å². The second kappa shape index (κ2) is 10.9. The van der Waals surface area contributed by atoms with Crippen LogP contribution in [0.25, 0.3) is 0 Å². The lowest BCUT2D eigenvalue weighted by Gasteiger charge is -2.38. The predicted molar refractivity (Wildman–Crippen MR) is 118 cm³/mol. The van der Waals surface area contributed by atoms with Gasteiger partial charge < -0.3 is 20.0 Å². The summed E-state index contributed by atoms with van der Waals surface area (Å²) in [6.07, 6.45) is 7.43. The van der Waals surface area contributed by atoms with Crippen LogP contribution in [0.5, 0.6) is 0 Å².